The second-order valence-corrected chi connectivity index (χ2v) is 4.00. The first-order chi connectivity index (χ1) is 9.38. The van der Waals surface area contributed by atoms with Crippen molar-refractivity contribution in [3.63, 3.8) is 0 Å². The summed E-state index contributed by atoms with van der Waals surface area (Å²) in [6.45, 7) is 0. The van der Waals surface area contributed by atoms with Crippen LogP contribution in [0, 0.1) is 11.3 Å². The largest absolute Gasteiger partial charge is 0.359 e. The van der Waals surface area contributed by atoms with E-state index in [0.717, 1.165) is 16.8 Å². The number of rotatable bonds is 3. The van der Waals surface area contributed by atoms with Gasteiger partial charge in [-0.2, -0.15) is 10.2 Å². The lowest BCUT2D eigenvalue weighted by Crippen LogP contribution is -1.88. The van der Waals surface area contributed by atoms with Crippen LogP contribution in [-0.2, 0) is 6.42 Å². The molecule has 0 atom stereocenters. The molecule has 0 radical (unpaired) electrons. The van der Waals surface area contributed by atoms with Crippen molar-refractivity contribution < 1.29 is 4.52 Å². The van der Waals surface area contributed by atoms with E-state index in [1.54, 1.807) is 6.20 Å². The second kappa shape index (κ2) is 4.78. The van der Waals surface area contributed by atoms with Crippen molar-refractivity contribution in [1.82, 2.24) is 15.1 Å². The van der Waals surface area contributed by atoms with Gasteiger partial charge in [-0.1, -0.05) is 23.4 Å². The van der Waals surface area contributed by atoms with E-state index in [9.17, 15) is 0 Å². The summed E-state index contributed by atoms with van der Waals surface area (Å²) in [6.07, 6.45) is 2.12. The minimum Gasteiger partial charge on any atom is -0.359 e. The third-order valence-corrected chi connectivity index (χ3v) is 2.78. The molecule has 5 nitrogen and oxygen atoms in total. The van der Waals surface area contributed by atoms with Crippen molar-refractivity contribution in [3.05, 3.63) is 48.2 Å². The van der Waals surface area contributed by atoms with Crippen LogP contribution in [0.15, 0.2) is 47.1 Å². The zero-order valence-electron chi connectivity index (χ0n) is 10.00. The predicted molar refractivity (Wildman–Crippen MR) is 68.8 cm³/mol. The minimum absolute atomic E-state index is 0.316. The fourth-order valence-electron chi connectivity index (χ4n) is 1.88. The SMILES string of the molecule is N#CCc1ccccc1-c1nc(-c2ccc[nH]2)no1. The molecule has 0 bridgehead atoms. The van der Waals surface area contributed by atoms with Gasteiger partial charge in [0.25, 0.3) is 5.89 Å². The molecular formula is C14H10N4O. The van der Waals surface area contributed by atoms with Crippen LogP contribution >= 0.6 is 0 Å². The highest BCUT2D eigenvalue weighted by Gasteiger charge is 2.13. The van der Waals surface area contributed by atoms with Gasteiger partial charge in [0.15, 0.2) is 0 Å². The molecule has 0 aliphatic rings. The number of hydrogen-bond acceptors (Lipinski definition) is 4. The smallest absolute Gasteiger partial charge is 0.258 e. The number of H-pyrrole nitrogens is 1. The lowest BCUT2D eigenvalue weighted by Gasteiger charge is -2.00. The van der Waals surface area contributed by atoms with Crippen molar-refractivity contribution in [2.75, 3.05) is 0 Å². The molecule has 1 N–H and O–H groups in total. The fraction of sp³-hybridized carbons (Fsp3) is 0.0714. The van der Waals surface area contributed by atoms with Crippen molar-refractivity contribution in [2.45, 2.75) is 6.42 Å². The van der Waals surface area contributed by atoms with Crippen molar-refractivity contribution in [3.8, 4) is 29.0 Å². The summed E-state index contributed by atoms with van der Waals surface area (Å²) in [4.78, 5) is 7.37. The van der Waals surface area contributed by atoms with Gasteiger partial charge in [-0.25, -0.2) is 0 Å². The average molecular weight is 250 g/mol. The molecule has 0 unspecified atom stereocenters. The third kappa shape index (κ3) is 2.11. The van der Waals surface area contributed by atoms with E-state index >= 15 is 0 Å². The van der Waals surface area contributed by atoms with Gasteiger partial charge >= 0.3 is 0 Å². The van der Waals surface area contributed by atoms with Crippen LogP contribution in [0.2, 0.25) is 0 Å². The Morgan fingerprint density at radius 2 is 2.11 bits per heavy atom. The Morgan fingerprint density at radius 1 is 1.21 bits per heavy atom. The molecule has 19 heavy (non-hydrogen) atoms. The number of nitriles is 1. The van der Waals surface area contributed by atoms with Gasteiger partial charge < -0.3 is 9.51 Å². The lowest BCUT2D eigenvalue weighted by molar-refractivity contribution is 0.432. The van der Waals surface area contributed by atoms with Crippen LogP contribution in [0.25, 0.3) is 23.0 Å². The normalized spacial score (nSPS) is 10.3. The van der Waals surface area contributed by atoms with Gasteiger partial charge in [0.2, 0.25) is 5.82 Å². The molecule has 5 heteroatoms. The van der Waals surface area contributed by atoms with Crippen LogP contribution in [0.5, 0.6) is 0 Å². The Bertz CT molecular complexity index is 722. The van der Waals surface area contributed by atoms with Crippen LogP contribution in [0.1, 0.15) is 5.56 Å². The standard InChI is InChI=1S/C14H10N4O/c15-8-7-10-4-1-2-5-11(10)14-17-13(18-19-14)12-6-3-9-16-12/h1-6,9,16H,7H2. The molecule has 0 saturated carbocycles. The van der Waals surface area contributed by atoms with E-state index in [1.807, 2.05) is 36.4 Å². The molecule has 0 amide bonds. The van der Waals surface area contributed by atoms with Crippen LogP contribution in [-0.4, -0.2) is 15.1 Å². The predicted octanol–water partition coefficient (Wildman–Crippen LogP) is 2.80. The molecule has 2 aromatic heterocycles. The summed E-state index contributed by atoms with van der Waals surface area (Å²) in [5.74, 6) is 0.933. The van der Waals surface area contributed by atoms with Crippen molar-refractivity contribution in [1.29, 1.82) is 5.26 Å². The van der Waals surface area contributed by atoms with Crippen LogP contribution < -0.4 is 0 Å². The highest BCUT2D eigenvalue weighted by molar-refractivity contribution is 5.61. The summed E-state index contributed by atoms with van der Waals surface area (Å²) < 4.78 is 5.27. The number of benzene rings is 1. The number of nitrogens with one attached hydrogen (secondary N) is 1. The molecular weight excluding hydrogens is 240 g/mol. The Morgan fingerprint density at radius 3 is 2.89 bits per heavy atom. The van der Waals surface area contributed by atoms with E-state index < -0.39 is 0 Å². The monoisotopic (exact) mass is 250 g/mol. The van der Waals surface area contributed by atoms with Crippen LogP contribution in [0.3, 0.4) is 0 Å². The van der Waals surface area contributed by atoms with E-state index in [0.29, 0.717) is 18.1 Å². The Labute approximate surface area is 109 Å². The number of hydrogen-bond donors (Lipinski definition) is 1. The van der Waals surface area contributed by atoms with Gasteiger partial charge in [0.05, 0.1) is 18.2 Å². The van der Waals surface area contributed by atoms with Gasteiger partial charge in [-0.3, -0.25) is 0 Å². The van der Waals surface area contributed by atoms with Crippen LogP contribution in [0.4, 0.5) is 0 Å². The van der Waals surface area contributed by atoms with Gasteiger partial charge in [0, 0.05) is 11.8 Å². The first kappa shape index (κ1) is 11.2. The van der Waals surface area contributed by atoms with Gasteiger partial charge in [-0.15, -0.1) is 0 Å². The first-order valence-electron chi connectivity index (χ1n) is 5.81. The summed E-state index contributed by atoms with van der Waals surface area (Å²) in [5.41, 5.74) is 2.48. The summed E-state index contributed by atoms with van der Waals surface area (Å²) >= 11 is 0. The van der Waals surface area contributed by atoms with Gasteiger partial charge in [-0.05, 0) is 23.8 Å². The molecule has 0 saturated heterocycles. The van der Waals surface area contributed by atoms with E-state index in [-0.39, 0.29) is 0 Å². The Kier molecular flexibility index (Phi) is 2.83. The number of aromatic nitrogens is 3. The summed E-state index contributed by atoms with van der Waals surface area (Å²) in [5, 5.41) is 12.8. The number of aromatic amines is 1. The molecule has 3 rings (SSSR count). The quantitative estimate of drug-likeness (QED) is 0.775. The maximum absolute atomic E-state index is 8.82. The maximum atomic E-state index is 8.82. The lowest BCUT2D eigenvalue weighted by atomic mass is 10.1. The molecule has 0 aliphatic carbocycles. The molecule has 0 fully saturated rings. The molecule has 0 spiro atoms. The highest BCUT2D eigenvalue weighted by atomic mass is 16.5. The van der Waals surface area contributed by atoms with Crippen molar-refractivity contribution in [2.24, 2.45) is 0 Å². The average Bonchev–Trinajstić information content (AvgIpc) is 3.11. The zero-order valence-corrected chi connectivity index (χ0v) is 10.00. The molecule has 92 valence electrons. The van der Waals surface area contributed by atoms with E-state index in [1.165, 1.54) is 0 Å². The molecule has 1 aromatic carbocycles. The molecule has 3 aromatic rings. The minimum atomic E-state index is 0.316. The summed E-state index contributed by atoms with van der Waals surface area (Å²) in [7, 11) is 0. The second-order valence-electron chi connectivity index (χ2n) is 4.00. The third-order valence-electron chi connectivity index (χ3n) is 2.78. The van der Waals surface area contributed by atoms with Gasteiger partial charge in [0.1, 0.15) is 0 Å². The number of nitrogens with zero attached hydrogens (tertiary/aromatic N) is 3. The van der Waals surface area contributed by atoms with E-state index in [2.05, 4.69) is 21.2 Å². The Hall–Kier alpha value is -2.87. The molecule has 0 aliphatic heterocycles. The van der Waals surface area contributed by atoms with Crippen molar-refractivity contribution >= 4 is 0 Å². The Balaban J connectivity index is 2.02. The summed E-state index contributed by atoms with van der Waals surface area (Å²) in [6, 6.07) is 13.4. The topological polar surface area (TPSA) is 78.5 Å². The molecule has 2 heterocycles. The zero-order chi connectivity index (χ0) is 13.1. The maximum Gasteiger partial charge on any atom is 0.258 e. The highest BCUT2D eigenvalue weighted by Crippen LogP contribution is 2.24. The first-order valence-corrected chi connectivity index (χ1v) is 5.81. The fourth-order valence-corrected chi connectivity index (χ4v) is 1.88. The van der Waals surface area contributed by atoms with E-state index in [4.69, 9.17) is 9.78 Å².